The molecule has 0 atom stereocenters. The normalized spacial score (nSPS) is 10.5. The van der Waals surface area contributed by atoms with Crippen molar-refractivity contribution in [3.8, 4) is 0 Å². The second-order valence-electron chi connectivity index (χ2n) is 3.81. The smallest absolute Gasteiger partial charge is 0.134 e. The van der Waals surface area contributed by atoms with Crippen LogP contribution in [0.25, 0.3) is 0 Å². The molecule has 3 N–H and O–H groups in total. The van der Waals surface area contributed by atoms with Crippen LogP contribution in [0.5, 0.6) is 0 Å². The average molecular weight is 238 g/mol. The van der Waals surface area contributed by atoms with Gasteiger partial charge < -0.3 is 15.8 Å². The van der Waals surface area contributed by atoms with Crippen LogP contribution in [0, 0.1) is 0 Å². The summed E-state index contributed by atoms with van der Waals surface area (Å²) in [6.45, 7) is 6.49. The van der Waals surface area contributed by atoms with Crippen molar-refractivity contribution in [2.45, 2.75) is 33.1 Å². The number of hydrogen-bond donors (Lipinski definition) is 2. The van der Waals surface area contributed by atoms with Crippen LogP contribution in [0.15, 0.2) is 6.33 Å². The van der Waals surface area contributed by atoms with E-state index in [-0.39, 0.29) is 0 Å². The van der Waals surface area contributed by atoms with Crippen molar-refractivity contribution < 1.29 is 4.74 Å². The largest absolute Gasteiger partial charge is 0.383 e. The summed E-state index contributed by atoms with van der Waals surface area (Å²) in [6.07, 6.45) is 4.40. The maximum Gasteiger partial charge on any atom is 0.134 e. The summed E-state index contributed by atoms with van der Waals surface area (Å²) in [4.78, 5) is 8.25. The van der Waals surface area contributed by atoms with Gasteiger partial charge in [0.2, 0.25) is 0 Å². The quantitative estimate of drug-likeness (QED) is 0.676. The van der Waals surface area contributed by atoms with Gasteiger partial charge in [0.05, 0.1) is 0 Å². The van der Waals surface area contributed by atoms with Gasteiger partial charge in [0.15, 0.2) is 0 Å². The van der Waals surface area contributed by atoms with Gasteiger partial charge in [-0.25, -0.2) is 9.97 Å². The first-order chi connectivity index (χ1) is 8.29. The van der Waals surface area contributed by atoms with Gasteiger partial charge in [0.1, 0.15) is 18.0 Å². The summed E-state index contributed by atoms with van der Waals surface area (Å²) in [7, 11) is 0. The highest BCUT2D eigenvalue weighted by atomic mass is 16.5. The summed E-state index contributed by atoms with van der Waals surface area (Å²) in [5.74, 6) is 1.44. The molecule has 5 nitrogen and oxygen atoms in total. The van der Waals surface area contributed by atoms with Crippen molar-refractivity contribution in [3.05, 3.63) is 11.9 Å². The van der Waals surface area contributed by atoms with E-state index in [1.54, 1.807) is 0 Å². The molecule has 0 unspecified atom stereocenters. The molecular weight excluding hydrogens is 216 g/mol. The van der Waals surface area contributed by atoms with Crippen molar-refractivity contribution in [2.75, 3.05) is 30.8 Å². The molecule has 96 valence electrons. The van der Waals surface area contributed by atoms with E-state index in [2.05, 4.69) is 22.2 Å². The lowest BCUT2D eigenvalue weighted by Gasteiger charge is -2.11. The van der Waals surface area contributed by atoms with Crippen LogP contribution >= 0.6 is 0 Å². The Bertz CT molecular complexity index is 330. The Balaban J connectivity index is 2.48. The molecule has 0 aliphatic carbocycles. The van der Waals surface area contributed by atoms with E-state index in [4.69, 9.17) is 10.5 Å². The fraction of sp³-hybridized carbons (Fsp3) is 0.667. The standard InChI is InChI=1S/C12H22N4O/c1-3-6-10-11(13)15-9-16-12(10)14-7-5-8-17-4-2/h9H,3-8H2,1-2H3,(H3,13,14,15,16). The molecule has 1 rings (SSSR count). The van der Waals surface area contributed by atoms with E-state index in [0.29, 0.717) is 5.82 Å². The third kappa shape index (κ3) is 4.56. The summed E-state index contributed by atoms with van der Waals surface area (Å²) in [5.41, 5.74) is 6.86. The van der Waals surface area contributed by atoms with Gasteiger partial charge in [-0.05, 0) is 19.8 Å². The molecule has 1 aromatic rings. The zero-order valence-corrected chi connectivity index (χ0v) is 10.7. The molecule has 1 aromatic heterocycles. The number of rotatable bonds is 8. The molecule has 0 saturated carbocycles. The Morgan fingerprint density at radius 1 is 1.35 bits per heavy atom. The summed E-state index contributed by atoms with van der Waals surface area (Å²) < 4.78 is 5.28. The molecule has 0 aromatic carbocycles. The van der Waals surface area contributed by atoms with Gasteiger partial charge in [-0.3, -0.25) is 0 Å². The lowest BCUT2D eigenvalue weighted by Crippen LogP contribution is -2.11. The number of nitrogens with zero attached hydrogens (tertiary/aromatic N) is 2. The molecule has 0 saturated heterocycles. The minimum absolute atomic E-state index is 0.578. The minimum atomic E-state index is 0.578. The lowest BCUT2D eigenvalue weighted by atomic mass is 10.1. The van der Waals surface area contributed by atoms with E-state index in [1.165, 1.54) is 6.33 Å². The monoisotopic (exact) mass is 238 g/mol. The maximum atomic E-state index is 5.84. The zero-order valence-electron chi connectivity index (χ0n) is 10.7. The summed E-state index contributed by atoms with van der Waals surface area (Å²) >= 11 is 0. The molecule has 0 aliphatic rings. The van der Waals surface area contributed by atoms with Gasteiger partial charge in [0.25, 0.3) is 0 Å². The number of nitrogens with one attached hydrogen (secondary N) is 1. The Kier molecular flexibility index (Phi) is 6.32. The highest BCUT2D eigenvalue weighted by Crippen LogP contribution is 2.18. The molecule has 0 radical (unpaired) electrons. The second kappa shape index (κ2) is 7.84. The topological polar surface area (TPSA) is 73.1 Å². The molecule has 17 heavy (non-hydrogen) atoms. The van der Waals surface area contributed by atoms with Crippen LogP contribution in [0.2, 0.25) is 0 Å². The van der Waals surface area contributed by atoms with Crippen molar-refractivity contribution in [2.24, 2.45) is 0 Å². The van der Waals surface area contributed by atoms with Crippen molar-refractivity contribution in [1.82, 2.24) is 9.97 Å². The summed E-state index contributed by atoms with van der Waals surface area (Å²) in [6, 6.07) is 0. The number of ether oxygens (including phenoxy) is 1. The Morgan fingerprint density at radius 3 is 2.88 bits per heavy atom. The Labute approximate surface area is 103 Å². The van der Waals surface area contributed by atoms with Gasteiger partial charge in [-0.15, -0.1) is 0 Å². The van der Waals surface area contributed by atoms with Crippen LogP contribution in [-0.2, 0) is 11.2 Å². The van der Waals surface area contributed by atoms with E-state index in [9.17, 15) is 0 Å². The van der Waals surface area contributed by atoms with Gasteiger partial charge in [0, 0.05) is 25.3 Å². The van der Waals surface area contributed by atoms with E-state index < -0.39 is 0 Å². The number of anilines is 2. The number of hydrogen-bond acceptors (Lipinski definition) is 5. The van der Waals surface area contributed by atoms with Crippen LogP contribution in [-0.4, -0.2) is 29.7 Å². The minimum Gasteiger partial charge on any atom is -0.383 e. The lowest BCUT2D eigenvalue weighted by molar-refractivity contribution is 0.147. The fourth-order valence-corrected chi connectivity index (χ4v) is 1.60. The Morgan fingerprint density at radius 2 is 2.18 bits per heavy atom. The van der Waals surface area contributed by atoms with Crippen LogP contribution in [0.4, 0.5) is 11.6 Å². The Hall–Kier alpha value is -1.36. The second-order valence-corrected chi connectivity index (χ2v) is 3.81. The molecular formula is C12H22N4O. The highest BCUT2D eigenvalue weighted by Gasteiger charge is 2.07. The van der Waals surface area contributed by atoms with Crippen molar-refractivity contribution >= 4 is 11.6 Å². The molecule has 0 bridgehead atoms. The highest BCUT2D eigenvalue weighted by molar-refractivity contribution is 5.54. The van der Waals surface area contributed by atoms with E-state index >= 15 is 0 Å². The molecule has 5 heteroatoms. The third-order valence-corrected chi connectivity index (χ3v) is 2.44. The van der Waals surface area contributed by atoms with Gasteiger partial charge in [-0.2, -0.15) is 0 Å². The predicted octanol–water partition coefficient (Wildman–Crippen LogP) is 1.85. The van der Waals surface area contributed by atoms with Crippen LogP contribution < -0.4 is 11.1 Å². The van der Waals surface area contributed by atoms with Crippen molar-refractivity contribution in [1.29, 1.82) is 0 Å². The van der Waals surface area contributed by atoms with Gasteiger partial charge >= 0.3 is 0 Å². The van der Waals surface area contributed by atoms with Crippen LogP contribution in [0.3, 0.4) is 0 Å². The van der Waals surface area contributed by atoms with E-state index in [0.717, 1.165) is 50.4 Å². The van der Waals surface area contributed by atoms with Gasteiger partial charge in [-0.1, -0.05) is 13.3 Å². The first-order valence-electron chi connectivity index (χ1n) is 6.20. The van der Waals surface area contributed by atoms with Crippen molar-refractivity contribution in [3.63, 3.8) is 0 Å². The molecule has 1 heterocycles. The first kappa shape index (κ1) is 13.7. The molecule has 0 aliphatic heterocycles. The van der Waals surface area contributed by atoms with E-state index in [1.807, 2.05) is 6.92 Å². The molecule has 0 amide bonds. The zero-order chi connectivity index (χ0) is 12.5. The number of aromatic nitrogens is 2. The molecule has 0 spiro atoms. The predicted molar refractivity (Wildman–Crippen MR) is 70.0 cm³/mol. The maximum absolute atomic E-state index is 5.84. The fourth-order valence-electron chi connectivity index (χ4n) is 1.60. The molecule has 0 fully saturated rings. The average Bonchev–Trinajstić information content (AvgIpc) is 2.33. The SMILES string of the molecule is CCCc1c(N)ncnc1NCCCOCC. The first-order valence-corrected chi connectivity index (χ1v) is 6.20. The summed E-state index contributed by atoms with van der Waals surface area (Å²) in [5, 5.41) is 3.29. The third-order valence-electron chi connectivity index (χ3n) is 2.44. The van der Waals surface area contributed by atoms with Crippen LogP contribution in [0.1, 0.15) is 32.3 Å². The number of nitrogens with two attached hydrogens (primary N) is 1. The number of nitrogen functional groups attached to an aromatic ring is 1.